The minimum Gasteiger partial charge on any atom is -0.451 e. The molecule has 6 amide bonds. The minimum absolute atomic E-state index is 0.657. The molecule has 0 unspecified atom stereocenters. The van der Waals surface area contributed by atoms with Crippen LogP contribution in [0.2, 0.25) is 0 Å². The monoisotopic (exact) mass is 1130 g/mol. The topological polar surface area (TPSA) is 353 Å². The Morgan fingerprint density at radius 2 is 0.494 bits per heavy atom. The molecule has 7 N–H and O–H groups in total. The lowest BCUT2D eigenvalue weighted by Gasteiger charge is -2.32. The van der Waals surface area contributed by atoms with Crippen LogP contribution in [-0.4, -0.2) is 155 Å². The molecule has 0 saturated carbocycles. The van der Waals surface area contributed by atoms with E-state index in [-0.39, 0.29) is 0 Å². The van der Waals surface area contributed by atoms with Crippen LogP contribution in [0.4, 0.5) is 0 Å². The van der Waals surface area contributed by atoms with E-state index >= 15 is 0 Å². The number of aliphatic hydroxyl groups is 1. The highest BCUT2D eigenvalue weighted by Crippen LogP contribution is 2.20. The van der Waals surface area contributed by atoms with Gasteiger partial charge in [0, 0.05) is 0 Å². The first-order chi connectivity index (χ1) is 36.2. The van der Waals surface area contributed by atoms with Gasteiger partial charge < -0.3 is 65.4 Å². The second kappa shape index (κ2) is 30.8. The van der Waals surface area contributed by atoms with Gasteiger partial charge in [-0.1, -0.05) is 111 Å². The Kier molecular flexibility index (Phi) is 27.6. The molecule has 1 fully saturated rings. The third-order valence-electron chi connectivity index (χ3n) is 12.6. The molecule has 1 heterocycles. The van der Waals surface area contributed by atoms with E-state index in [2.05, 4.69) is 31.9 Å². The van der Waals surface area contributed by atoms with Crippen molar-refractivity contribution in [2.75, 3.05) is 0 Å². The number of hydrogen-bond acceptors (Lipinski definition) is 19. The summed E-state index contributed by atoms with van der Waals surface area (Å²) >= 11 is 0. The molecule has 25 heteroatoms. The molecule has 79 heavy (non-hydrogen) atoms. The highest BCUT2D eigenvalue weighted by molar-refractivity contribution is 5.96. The Labute approximate surface area is 464 Å². The van der Waals surface area contributed by atoms with Crippen molar-refractivity contribution in [1.82, 2.24) is 31.9 Å². The smallest absolute Gasteiger partial charge is 0.332 e. The van der Waals surface area contributed by atoms with Gasteiger partial charge in [-0.25, -0.2) is 28.8 Å². The fourth-order valence-corrected chi connectivity index (χ4v) is 7.49. The van der Waals surface area contributed by atoms with E-state index < -0.39 is 197 Å². The van der Waals surface area contributed by atoms with Crippen LogP contribution in [0.5, 0.6) is 0 Å². The van der Waals surface area contributed by atoms with Crippen molar-refractivity contribution in [1.29, 1.82) is 0 Å². The maximum absolute atomic E-state index is 13.9. The van der Waals surface area contributed by atoms with Gasteiger partial charge in [0.05, 0.1) is 5.60 Å². The number of amides is 6. The molecule has 0 aromatic carbocycles. The number of carbonyl (C=O) groups is 12. The molecule has 1 rings (SSSR count). The Morgan fingerprint density at radius 3 is 0.696 bits per heavy atom. The van der Waals surface area contributed by atoms with Crippen LogP contribution in [0.15, 0.2) is 0 Å². The zero-order chi connectivity index (χ0) is 61.5. The first kappa shape index (κ1) is 70.6. The predicted molar refractivity (Wildman–Crippen MR) is 283 cm³/mol. The van der Waals surface area contributed by atoms with Gasteiger partial charge in [0.25, 0.3) is 35.4 Å². The molecule has 1 aliphatic rings. The molecule has 0 bridgehead atoms. The van der Waals surface area contributed by atoms with Gasteiger partial charge in [-0.15, -0.1) is 0 Å². The Balaban J connectivity index is 3.91. The van der Waals surface area contributed by atoms with Gasteiger partial charge >= 0.3 is 35.8 Å². The van der Waals surface area contributed by atoms with Gasteiger partial charge in [0.2, 0.25) is 0 Å². The standard InChI is InChI=1S/C54H90N6O19/c1-22(2)33-48(67)74-30(17)42(61)55-35(24(5)6)50(69)77-38(27(11)12)45(64)58-34(23(3)4)49(68)75-31(18)43(62)56-37(26(9)10)52(71)79-40(29(15)16)47(66)60-41(54(20,21)73)53(72)76-32(19)44(63)57-36(25(7)8)51(70)78-39(28(13)14)46(65)59-33/h22-41,73H,1-21H3,(H,55,61)(H,56,62)(H,57,63)(H,58,64)(H,59,65)(H,60,66)/t30-,31-,32-,33+,34+,35-,36-,37-,38+,39+,40+,41-/m0/s1. The van der Waals surface area contributed by atoms with E-state index in [0.29, 0.717) is 0 Å². The van der Waals surface area contributed by atoms with Crippen LogP contribution in [-0.2, 0) is 86.0 Å². The van der Waals surface area contributed by atoms with Gasteiger partial charge in [0.1, 0.15) is 30.2 Å². The molecule has 0 aromatic rings. The van der Waals surface area contributed by atoms with Crippen LogP contribution in [0.3, 0.4) is 0 Å². The quantitative estimate of drug-likeness (QED) is 0.127. The van der Waals surface area contributed by atoms with Crippen molar-refractivity contribution in [3.05, 3.63) is 0 Å². The summed E-state index contributed by atoms with van der Waals surface area (Å²) in [6.45, 7) is 30.8. The summed E-state index contributed by atoms with van der Waals surface area (Å²) in [6.07, 6.45) is -9.59. The molecule has 0 spiro atoms. The lowest BCUT2D eigenvalue weighted by molar-refractivity contribution is -0.169. The molecule has 0 radical (unpaired) electrons. The lowest BCUT2D eigenvalue weighted by atomic mass is 9.97. The molecule has 1 aliphatic heterocycles. The summed E-state index contributed by atoms with van der Waals surface area (Å²) in [5.74, 6) is -18.2. The fraction of sp³-hybridized carbons (Fsp3) is 0.778. The minimum atomic E-state index is -2.07. The molecule has 1 saturated heterocycles. The third-order valence-corrected chi connectivity index (χ3v) is 12.6. The number of ether oxygens (including phenoxy) is 6. The third kappa shape index (κ3) is 21.3. The maximum atomic E-state index is 13.9. The SMILES string of the molecule is CC(C)[C@@H]1NC(=O)[C@H](C)OC(=O)[C@@H](C(C)C)NC(=O)[C@@H](C(C)C)OC(=O)[C@H](C(C)C)NC(=O)[C@H](C)OC(=O)[C@@H](C(C)(C)O)NC(=O)[C@@H](C(C)C)OC(=O)[C@H](C(C)C)NC(=O)[C@H](C)OC(=O)[C@@H](C(C)C)NC(=O)[C@@H](C(C)C)OC1=O. The van der Waals surface area contributed by atoms with Crippen LogP contribution >= 0.6 is 0 Å². The van der Waals surface area contributed by atoms with Crippen LogP contribution < -0.4 is 31.9 Å². The average Bonchev–Trinajstić information content (AvgIpc) is 3.31. The summed E-state index contributed by atoms with van der Waals surface area (Å²) in [6, 6.07) is -9.04. The van der Waals surface area contributed by atoms with Crippen molar-refractivity contribution in [3.8, 4) is 0 Å². The van der Waals surface area contributed by atoms with Crippen molar-refractivity contribution in [3.63, 3.8) is 0 Å². The first-order valence-corrected chi connectivity index (χ1v) is 26.9. The molecule has 25 nitrogen and oxygen atoms in total. The largest absolute Gasteiger partial charge is 0.451 e. The molecule has 0 aromatic heterocycles. The van der Waals surface area contributed by atoms with E-state index in [9.17, 15) is 62.6 Å². The summed E-state index contributed by atoms with van der Waals surface area (Å²) < 4.78 is 33.3. The van der Waals surface area contributed by atoms with Crippen molar-refractivity contribution in [2.24, 2.45) is 47.3 Å². The molecular weight excluding hydrogens is 1040 g/mol. The van der Waals surface area contributed by atoms with Gasteiger partial charge in [-0.3, -0.25) is 28.8 Å². The molecule has 0 aliphatic carbocycles. The summed E-state index contributed by atoms with van der Waals surface area (Å²) in [4.78, 5) is 165. The van der Waals surface area contributed by atoms with Crippen molar-refractivity contribution in [2.45, 2.75) is 224 Å². The Hall–Kier alpha value is -6.40. The zero-order valence-electron chi connectivity index (χ0n) is 49.8. The van der Waals surface area contributed by atoms with E-state index in [0.717, 1.165) is 20.8 Å². The summed E-state index contributed by atoms with van der Waals surface area (Å²) in [5.41, 5.74) is -2.07. The second-order valence-corrected chi connectivity index (χ2v) is 23.3. The fourth-order valence-electron chi connectivity index (χ4n) is 7.49. The molecule has 12 atom stereocenters. The van der Waals surface area contributed by atoms with Crippen LogP contribution in [0, 0.1) is 47.3 Å². The van der Waals surface area contributed by atoms with Gasteiger partial charge in [0.15, 0.2) is 42.7 Å². The first-order valence-electron chi connectivity index (χ1n) is 26.9. The highest BCUT2D eigenvalue weighted by Gasteiger charge is 2.44. The molecule has 450 valence electrons. The zero-order valence-corrected chi connectivity index (χ0v) is 49.8. The highest BCUT2D eigenvalue weighted by atomic mass is 16.6. The number of esters is 6. The predicted octanol–water partition coefficient (Wildman–Crippen LogP) is 1.46. The van der Waals surface area contributed by atoms with E-state index in [1.54, 1.807) is 96.9 Å². The summed E-state index contributed by atoms with van der Waals surface area (Å²) in [7, 11) is 0. The number of cyclic esters (lactones) is 6. The number of nitrogens with one attached hydrogen (secondary N) is 6. The summed E-state index contributed by atoms with van der Waals surface area (Å²) in [5, 5.41) is 25.9. The Morgan fingerprint density at radius 1 is 0.304 bits per heavy atom. The van der Waals surface area contributed by atoms with Crippen LogP contribution in [0.1, 0.15) is 145 Å². The average molecular weight is 1130 g/mol. The lowest BCUT2D eigenvalue weighted by Crippen LogP contribution is -2.59. The normalized spacial score (nSPS) is 28.8. The van der Waals surface area contributed by atoms with Crippen LogP contribution in [0.25, 0.3) is 0 Å². The van der Waals surface area contributed by atoms with Crippen molar-refractivity contribution < 1.29 is 91.1 Å². The second-order valence-electron chi connectivity index (χ2n) is 23.3. The van der Waals surface area contributed by atoms with Gasteiger partial charge in [-0.05, 0) is 82.0 Å². The van der Waals surface area contributed by atoms with Crippen molar-refractivity contribution >= 4 is 71.3 Å². The Bertz CT molecular complexity index is 2170. The van der Waals surface area contributed by atoms with Gasteiger partial charge in [-0.2, -0.15) is 0 Å². The number of rotatable bonds is 9. The number of carbonyl (C=O) groups excluding carboxylic acids is 12. The van der Waals surface area contributed by atoms with E-state index in [1.165, 1.54) is 27.7 Å². The number of hydrogen-bond donors (Lipinski definition) is 7. The van der Waals surface area contributed by atoms with E-state index in [4.69, 9.17) is 28.4 Å². The maximum Gasteiger partial charge on any atom is 0.332 e. The van der Waals surface area contributed by atoms with E-state index in [1.807, 2.05) is 0 Å². The molecular formula is C54H90N6O19.